The monoisotopic (exact) mass is 464 g/mol. The molecule has 2 aromatic carbocycles. The number of aromatic amines is 1. The third-order valence-electron chi connectivity index (χ3n) is 5.12. The number of nitrogens with zero attached hydrogens (tertiary/aromatic N) is 5. The molecular weight excluding hydrogens is 440 g/mol. The zero-order chi connectivity index (χ0) is 23.2. The Kier molecular flexibility index (Phi) is 7.13. The molecule has 1 aliphatic heterocycles. The Morgan fingerprint density at radius 2 is 1.94 bits per heavy atom. The molecule has 1 unspecified atom stereocenters. The van der Waals surface area contributed by atoms with E-state index in [0.29, 0.717) is 29.9 Å². The van der Waals surface area contributed by atoms with E-state index in [9.17, 15) is 9.59 Å². The average molecular weight is 465 g/mol. The Morgan fingerprint density at radius 1 is 1.18 bits per heavy atom. The number of carbonyl (C=O) groups excluding carboxylic acids is 2. The summed E-state index contributed by atoms with van der Waals surface area (Å²) >= 11 is 1.47. The van der Waals surface area contributed by atoms with Gasteiger partial charge in [-0.1, -0.05) is 60.3 Å². The predicted molar refractivity (Wildman–Crippen MR) is 126 cm³/mol. The Morgan fingerprint density at radius 3 is 2.61 bits per heavy atom. The number of rotatable bonds is 8. The molecule has 9 nitrogen and oxygen atoms in total. The number of ether oxygens (including phenoxy) is 1. The largest absolute Gasteiger partial charge is 0.464 e. The Labute approximate surface area is 195 Å². The fourth-order valence-electron chi connectivity index (χ4n) is 3.58. The predicted octanol–water partition coefficient (Wildman–Crippen LogP) is 2.96. The average Bonchev–Trinajstić information content (AvgIpc) is 3.49. The van der Waals surface area contributed by atoms with Crippen molar-refractivity contribution in [1.82, 2.24) is 25.5 Å². The van der Waals surface area contributed by atoms with Gasteiger partial charge >= 0.3 is 5.97 Å². The lowest BCUT2D eigenvalue weighted by molar-refractivity contribution is -0.147. The van der Waals surface area contributed by atoms with Gasteiger partial charge in [0.05, 0.1) is 6.61 Å². The number of ketones is 1. The molecule has 4 rings (SSSR count). The molecule has 0 saturated carbocycles. The third-order valence-corrected chi connectivity index (χ3v) is 6.22. The first-order valence-electron chi connectivity index (χ1n) is 10.6. The van der Waals surface area contributed by atoms with Crippen molar-refractivity contribution in [3.05, 3.63) is 54.1 Å². The Bertz CT molecular complexity index is 1150. The van der Waals surface area contributed by atoms with Crippen LogP contribution < -0.4 is 0 Å². The van der Waals surface area contributed by atoms with Gasteiger partial charge in [0.15, 0.2) is 11.0 Å². The minimum atomic E-state index is -0.431. The van der Waals surface area contributed by atoms with Gasteiger partial charge in [0.1, 0.15) is 12.6 Å². The maximum absolute atomic E-state index is 12.5. The minimum absolute atomic E-state index is 0.0211. The van der Waals surface area contributed by atoms with Crippen LogP contribution >= 0.6 is 11.8 Å². The van der Waals surface area contributed by atoms with Crippen LogP contribution in [0.5, 0.6) is 0 Å². The van der Waals surface area contributed by atoms with Crippen molar-refractivity contribution < 1.29 is 14.3 Å². The maximum atomic E-state index is 12.5. The van der Waals surface area contributed by atoms with Gasteiger partial charge in [-0.25, -0.2) is 4.79 Å². The zero-order valence-corrected chi connectivity index (χ0v) is 19.2. The van der Waals surface area contributed by atoms with Crippen LogP contribution in [0.2, 0.25) is 0 Å². The molecule has 1 saturated heterocycles. The second-order valence-electron chi connectivity index (χ2n) is 7.49. The summed E-state index contributed by atoms with van der Waals surface area (Å²) < 4.78 is 5.26. The summed E-state index contributed by atoms with van der Waals surface area (Å²) in [5.41, 5.74) is 3.91. The lowest BCUT2D eigenvalue weighted by atomic mass is 9.98. The lowest BCUT2D eigenvalue weighted by Gasteiger charge is -2.24. The number of benzene rings is 2. The first-order valence-corrected chi connectivity index (χ1v) is 11.6. The molecule has 1 aromatic heterocycles. The molecule has 0 spiro atoms. The topological polar surface area (TPSA) is 113 Å². The van der Waals surface area contributed by atoms with Gasteiger partial charge in [-0.15, -0.1) is 10.2 Å². The highest BCUT2D eigenvalue weighted by molar-refractivity contribution is 8.14. The van der Waals surface area contributed by atoms with Crippen LogP contribution in [0.1, 0.15) is 19.4 Å². The molecule has 33 heavy (non-hydrogen) atoms. The van der Waals surface area contributed by atoms with Crippen molar-refractivity contribution >= 4 is 28.7 Å². The second kappa shape index (κ2) is 10.4. The normalized spacial score (nSPS) is 16.8. The third kappa shape index (κ3) is 5.28. The van der Waals surface area contributed by atoms with Crippen molar-refractivity contribution in [2.75, 3.05) is 18.9 Å². The van der Waals surface area contributed by atoms with Crippen molar-refractivity contribution in [3.8, 4) is 22.5 Å². The van der Waals surface area contributed by atoms with E-state index in [2.05, 4.69) is 25.6 Å². The van der Waals surface area contributed by atoms with Gasteiger partial charge in [-0.05, 0) is 35.8 Å². The molecule has 2 heterocycles. The Hall–Kier alpha value is -3.53. The number of carbonyl (C=O) groups is 2. The van der Waals surface area contributed by atoms with Gasteiger partial charge in [0.25, 0.3) is 0 Å². The maximum Gasteiger partial charge on any atom is 0.329 e. The number of nitrogens with one attached hydrogen (secondary N) is 1. The van der Waals surface area contributed by atoms with Crippen molar-refractivity contribution in [1.29, 1.82) is 0 Å². The van der Waals surface area contributed by atoms with Crippen molar-refractivity contribution in [2.45, 2.75) is 26.4 Å². The molecular formula is C23H24N6O3S. The molecule has 10 heteroatoms. The van der Waals surface area contributed by atoms with E-state index < -0.39 is 6.04 Å². The summed E-state index contributed by atoms with van der Waals surface area (Å²) in [6.45, 7) is 4.20. The molecule has 1 fully saturated rings. The van der Waals surface area contributed by atoms with Crippen LogP contribution in [0.15, 0.2) is 53.5 Å². The highest BCUT2D eigenvalue weighted by Crippen LogP contribution is 2.31. The number of tetrazole rings is 1. The number of hydrogen-bond acceptors (Lipinski definition) is 8. The summed E-state index contributed by atoms with van der Waals surface area (Å²) in [5.74, 6) is 0.787. The van der Waals surface area contributed by atoms with Crippen LogP contribution in [-0.4, -0.2) is 67.4 Å². The molecule has 0 radical (unpaired) electrons. The van der Waals surface area contributed by atoms with Gasteiger partial charge < -0.3 is 9.64 Å². The standard InChI is InChI=1S/C23H24N6O3S/c1-3-32-22(31)20-14-33-23(24-12-15(2)30)29(20)13-16-8-10-17(11-9-16)18-6-4-5-7-19(18)21-25-27-28-26-21/h4-11,20H,3,12-14H2,1-2H3,(H,25,26,27,28). The van der Waals surface area contributed by atoms with Crippen LogP contribution in [0.4, 0.5) is 0 Å². The fourth-order valence-corrected chi connectivity index (χ4v) is 4.72. The quantitative estimate of drug-likeness (QED) is 0.506. The molecule has 3 aromatic rings. The molecule has 1 N–H and O–H groups in total. The molecule has 0 bridgehead atoms. The molecule has 1 atom stereocenters. The van der Waals surface area contributed by atoms with Crippen LogP contribution in [0.25, 0.3) is 22.5 Å². The van der Waals surface area contributed by atoms with E-state index in [1.54, 1.807) is 6.92 Å². The summed E-state index contributed by atoms with van der Waals surface area (Å²) in [6, 6.07) is 15.6. The number of H-pyrrole nitrogens is 1. The van der Waals surface area contributed by atoms with Crippen molar-refractivity contribution in [2.24, 2.45) is 4.99 Å². The van der Waals surface area contributed by atoms with Gasteiger partial charge in [-0.3, -0.25) is 9.79 Å². The van der Waals surface area contributed by atoms with Gasteiger partial charge in [-0.2, -0.15) is 5.21 Å². The van der Waals surface area contributed by atoms with E-state index in [1.807, 2.05) is 53.4 Å². The Balaban J connectivity index is 1.58. The SMILES string of the molecule is CCOC(=O)C1CSC(=NCC(C)=O)N1Cc1ccc(-c2ccccc2-c2nn[nH]n2)cc1. The van der Waals surface area contributed by atoms with Gasteiger partial charge in [0.2, 0.25) is 5.82 Å². The number of esters is 1. The van der Waals surface area contributed by atoms with Crippen molar-refractivity contribution in [3.63, 3.8) is 0 Å². The first-order chi connectivity index (χ1) is 16.1. The van der Waals surface area contributed by atoms with Crippen LogP contribution in [-0.2, 0) is 20.9 Å². The second-order valence-corrected chi connectivity index (χ2v) is 8.47. The summed E-state index contributed by atoms with van der Waals surface area (Å²) in [5, 5.41) is 15.0. The lowest BCUT2D eigenvalue weighted by Crippen LogP contribution is -2.40. The van der Waals surface area contributed by atoms with Crippen LogP contribution in [0.3, 0.4) is 0 Å². The number of amidine groups is 1. The van der Waals surface area contributed by atoms with Gasteiger partial charge in [0, 0.05) is 17.9 Å². The van der Waals surface area contributed by atoms with E-state index in [0.717, 1.165) is 22.3 Å². The summed E-state index contributed by atoms with van der Waals surface area (Å²) in [7, 11) is 0. The molecule has 170 valence electrons. The van der Waals surface area contributed by atoms with E-state index in [4.69, 9.17) is 4.74 Å². The smallest absolute Gasteiger partial charge is 0.329 e. The zero-order valence-electron chi connectivity index (χ0n) is 18.4. The van der Waals surface area contributed by atoms with E-state index in [1.165, 1.54) is 18.7 Å². The highest BCUT2D eigenvalue weighted by Gasteiger charge is 2.36. The van der Waals surface area contributed by atoms with E-state index in [-0.39, 0.29) is 18.3 Å². The minimum Gasteiger partial charge on any atom is -0.464 e. The number of thioether (sulfide) groups is 1. The summed E-state index contributed by atoms with van der Waals surface area (Å²) in [4.78, 5) is 30.3. The number of hydrogen-bond donors (Lipinski definition) is 1. The molecule has 0 amide bonds. The van der Waals surface area contributed by atoms with Crippen LogP contribution in [0, 0.1) is 0 Å². The van der Waals surface area contributed by atoms with E-state index >= 15 is 0 Å². The first kappa shape index (κ1) is 22.7. The molecule has 0 aliphatic carbocycles. The fraction of sp³-hybridized carbons (Fsp3) is 0.304. The summed E-state index contributed by atoms with van der Waals surface area (Å²) in [6.07, 6.45) is 0. The number of Topliss-reactive ketones (excluding diaryl/α,β-unsaturated/α-hetero) is 1. The molecule has 1 aliphatic rings. The number of aliphatic imine (C=N–C) groups is 1. The number of aromatic nitrogens is 4. The highest BCUT2D eigenvalue weighted by atomic mass is 32.2.